The van der Waals surface area contributed by atoms with E-state index in [1.54, 1.807) is 9.80 Å². The van der Waals surface area contributed by atoms with Crippen molar-refractivity contribution in [3.05, 3.63) is 71.3 Å². The van der Waals surface area contributed by atoms with Crippen LogP contribution in [0.3, 0.4) is 0 Å². The monoisotopic (exact) mass is 419 g/mol. The Balaban J connectivity index is 1.44. The fourth-order valence-electron chi connectivity index (χ4n) is 4.63. The molecule has 2 saturated heterocycles. The quantitative estimate of drug-likeness (QED) is 0.810. The van der Waals surface area contributed by atoms with E-state index in [-0.39, 0.29) is 17.7 Å². The Morgan fingerprint density at radius 1 is 0.871 bits per heavy atom. The molecule has 0 bridgehead atoms. The van der Waals surface area contributed by atoms with Gasteiger partial charge in [-0.25, -0.2) is 0 Å². The highest BCUT2D eigenvalue weighted by Gasteiger charge is 2.42. The molecule has 31 heavy (non-hydrogen) atoms. The zero-order chi connectivity index (χ0) is 21.8. The second-order valence-corrected chi connectivity index (χ2v) is 8.36. The highest BCUT2D eigenvalue weighted by Crippen LogP contribution is 2.27. The Hall–Kier alpha value is -3.15. The molecule has 2 aliphatic rings. The Kier molecular flexibility index (Phi) is 6.35. The van der Waals surface area contributed by atoms with E-state index in [1.165, 1.54) is 0 Å². The van der Waals surface area contributed by atoms with Crippen LogP contribution >= 0.6 is 0 Å². The van der Waals surface area contributed by atoms with E-state index in [0.29, 0.717) is 38.0 Å². The van der Waals surface area contributed by atoms with Crippen LogP contribution in [0.4, 0.5) is 0 Å². The van der Waals surface area contributed by atoms with Crippen LogP contribution in [0.15, 0.2) is 54.6 Å². The maximum Gasteiger partial charge on any atom is 0.254 e. The summed E-state index contributed by atoms with van der Waals surface area (Å²) in [5, 5.41) is 2.97. The minimum absolute atomic E-state index is 0.0989. The molecule has 0 aliphatic carbocycles. The van der Waals surface area contributed by atoms with Gasteiger partial charge in [0.25, 0.3) is 5.91 Å². The van der Waals surface area contributed by atoms with Crippen LogP contribution in [0, 0.1) is 6.92 Å². The van der Waals surface area contributed by atoms with Crippen LogP contribution in [0.1, 0.15) is 47.2 Å². The van der Waals surface area contributed by atoms with Crippen molar-refractivity contribution < 1.29 is 14.4 Å². The van der Waals surface area contributed by atoms with Crippen LogP contribution in [0.5, 0.6) is 0 Å². The van der Waals surface area contributed by atoms with Crippen molar-refractivity contribution in [3.63, 3.8) is 0 Å². The lowest BCUT2D eigenvalue weighted by atomic mass is 10.1. The molecule has 0 saturated carbocycles. The summed E-state index contributed by atoms with van der Waals surface area (Å²) in [6.07, 6.45) is 2.90. The second kappa shape index (κ2) is 9.33. The number of benzene rings is 2. The first-order chi connectivity index (χ1) is 15.1. The van der Waals surface area contributed by atoms with Crippen molar-refractivity contribution in [1.29, 1.82) is 0 Å². The molecule has 2 aromatic rings. The third-order valence-electron chi connectivity index (χ3n) is 6.32. The smallest absolute Gasteiger partial charge is 0.254 e. The van der Waals surface area contributed by atoms with Gasteiger partial charge in [-0.15, -0.1) is 0 Å². The highest BCUT2D eigenvalue weighted by atomic mass is 16.2. The lowest BCUT2D eigenvalue weighted by Gasteiger charge is -2.31. The number of amides is 3. The molecule has 2 aromatic carbocycles. The molecule has 2 atom stereocenters. The van der Waals surface area contributed by atoms with Crippen LogP contribution in [-0.2, 0) is 16.1 Å². The fourth-order valence-corrected chi connectivity index (χ4v) is 4.63. The van der Waals surface area contributed by atoms with Crippen LogP contribution in [0.25, 0.3) is 0 Å². The number of aryl methyl sites for hydroxylation is 1. The summed E-state index contributed by atoms with van der Waals surface area (Å²) in [6, 6.07) is 16.3. The van der Waals surface area contributed by atoms with Crippen LogP contribution in [-0.4, -0.2) is 52.7 Å². The minimum Gasteiger partial charge on any atom is -0.350 e. The van der Waals surface area contributed by atoms with Gasteiger partial charge in [-0.1, -0.05) is 48.5 Å². The molecule has 2 aliphatic heterocycles. The summed E-state index contributed by atoms with van der Waals surface area (Å²) in [5.74, 6) is -0.320. The predicted octanol–water partition coefficient (Wildman–Crippen LogP) is 2.91. The zero-order valence-electron chi connectivity index (χ0n) is 17.9. The van der Waals surface area contributed by atoms with Crippen molar-refractivity contribution >= 4 is 17.7 Å². The Bertz CT molecular complexity index is 959. The lowest BCUT2D eigenvalue weighted by molar-refractivity contribution is -0.141. The number of nitrogens with one attached hydrogen (secondary N) is 1. The van der Waals surface area contributed by atoms with Gasteiger partial charge in [0.1, 0.15) is 12.1 Å². The average Bonchev–Trinajstić information content (AvgIpc) is 3.47. The SMILES string of the molecule is Cc1ccccc1C(=O)N1CCC[C@@H]1C(=O)N1CCC[C@H]1C(=O)NCc1ccccc1. The molecule has 4 rings (SSSR count). The number of carbonyl (C=O) groups excluding carboxylic acids is 3. The first-order valence-corrected chi connectivity index (χ1v) is 11.0. The summed E-state index contributed by atoms with van der Waals surface area (Å²) < 4.78 is 0. The molecule has 2 heterocycles. The van der Waals surface area contributed by atoms with Crippen molar-refractivity contribution in [1.82, 2.24) is 15.1 Å². The van der Waals surface area contributed by atoms with Gasteiger partial charge in [-0.3, -0.25) is 14.4 Å². The summed E-state index contributed by atoms with van der Waals surface area (Å²) in [6.45, 7) is 3.49. The Morgan fingerprint density at radius 2 is 1.52 bits per heavy atom. The van der Waals surface area contributed by atoms with E-state index >= 15 is 0 Å². The summed E-state index contributed by atoms with van der Waals surface area (Å²) >= 11 is 0. The van der Waals surface area contributed by atoms with E-state index in [2.05, 4.69) is 5.32 Å². The summed E-state index contributed by atoms with van der Waals surface area (Å²) in [7, 11) is 0. The van der Waals surface area contributed by atoms with Gasteiger partial charge in [0, 0.05) is 25.2 Å². The van der Waals surface area contributed by atoms with Gasteiger partial charge < -0.3 is 15.1 Å². The molecule has 162 valence electrons. The van der Waals surface area contributed by atoms with Crippen molar-refractivity contribution in [2.75, 3.05) is 13.1 Å². The average molecular weight is 420 g/mol. The number of rotatable bonds is 5. The number of hydrogen-bond acceptors (Lipinski definition) is 3. The van der Waals surface area contributed by atoms with E-state index in [9.17, 15) is 14.4 Å². The third-order valence-corrected chi connectivity index (χ3v) is 6.32. The van der Waals surface area contributed by atoms with Gasteiger partial charge in [-0.2, -0.15) is 0 Å². The maximum absolute atomic E-state index is 13.4. The number of likely N-dealkylation sites (tertiary alicyclic amines) is 2. The molecule has 6 nitrogen and oxygen atoms in total. The molecular weight excluding hydrogens is 390 g/mol. The topological polar surface area (TPSA) is 69.7 Å². The molecule has 0 aromatic heterocycles. The summed E-state index contributed by atoms with van der Waals surface area (Å²) in [5.41, 5.74) is 2.57. The molecule has 0 spiro atoms. The molecule has 2 fully saturated rings. The lowest BCUT2D eigenvalue weighted by Crippen LogP contribution is -2.52. The predicted molar refractivity (Wildman–Crippen MR) is 118 cm³/mol. The maximum atomic E-state index is 13.4. The van der Waals surface area contributed by atoms with Crippen LogP contribution in [0.2, 0.25) is 0 Å². The van der Waals surface area contributed by atoms with E-state index < -0.39 is 12.1 Å². The molecule has 1 N–H and O–H groups in total. The van der Waals surface area contributed by atoms with Crippen molar-refractivity contribution in [3.8, 4) is 0 Å². The molecule has 3 amide bonds. The molecule has 6 heteroatoms. The number of carbonyl (C=O) groups is 3. The fraction of sp³-hybridized carbons (Fsp3) is 0.400. The Labute approximate surface area is 183 Å². The Morgan fingerprint density at radius 3 is 2.26 bits per heavy atom. The van der Waals surface area contributed by atoms with Gasteiger partial charge in [-0.05, 0) is 49.8 Å². The van der Waals surface area contributed by atoms with Crippen molar-refractivity contribution in [2.45, 2.75) is 51.2 Å². The second-order valence-electron chi connectivity index (χ2n) is 8.36. The minimum atomic E-state index is -0.491. The number of hydrogen-bond donors (Lipinski definition) is 1. The van der Waals surface area contributed by atoms with E-state index in [4.69, 9.17) is 0 Å². The van der Waals surface area contributed by atoms with E-state index in [1.807, 2.05) is 61.5 Å². The molecule has 0 unspecified atom stereocenters. The van der Waals surface area contributed by atoms with Gasteiger partial charge in [0.2, 0.25) is 11.8 Å². The van der Waals surface area contributed by atoms with Gasteiger partial charge >= 0.3 is 0 Å². The van der Waals surface area contributed by atoms with Gasteiger partial charge in [0.05, 0.1) is 0 Å². The highest BCUT2D eigenvalue weighted by molar-refractivity contribution is 5.99. The summed E-state index contributed by atoms with van der Waals surface area (Å²) in [4.78, 5) is 42.8. The number of nitrogens with zero attached hydrogens (tertiary/aromatic N) is 2. The van der Waals surface area contributed by atoms with Gasteiger partial charge in [0.15, 0.2) is 0 Å². The van der Waals surface area contributed by atoms with Crippen LogP contribution < -0.4 is 5.32 Å². The van der Waals surface area contributed by atoms with E-state index in [0.717, 1.165) is 24.0 Å². The van der Waals surface area contributed by atoms with Crippen molar-refractivity contribution in [2.24, 2.45) is 0 Å². The largest absolute Gasteiger partial charge is 0.350 e. The zero-order valence-corrected chi connectivity index (χ0v) is 17.9. The molecule has 0 radical (unpaired) electrons. The standard InChI is InChI=1S/C25H29N3O3/c1-18-9-5-6-12-20(18)24(30)28-16-8-14-22(28)25(31)27-15-7-13-21(27)23(29)26-17-19-10-3-2-4-11-19/h2-6,9-12,21-22H,7-8,13-17H2,1H3,(H,26,29)/t21-,22+/m0/s1. The first-order valence-electron chi connectivity index (χ1n) is 11.0. The third kappa shape index (κ3) is 4.48. The molecular formula is C25H29N3O3. The first kappa shape index (κ1) is 21.1. The normalized spacial score (nSPS) is 20.7.